The van der Waals surface area contributed by atoms with Gasteiger partial charge in [0.25, 0.3) is 0 Å². The van der Waals surface area contributed by atoms with Crippen LogP contribution in [0.2, 0.25) is 0 Å². The van der Waals surface area contributed by atoms with Gasteiger partial charge in [-0.15, -0.1) is 11.3 Å². The lowest BCUT2D eigenvalue weighted by atomic mass is 10.0. The Morgan fingerprint density at radius 2 is 1.96 bits per heavy atom. The first-order valence-electron chi connectivity index (χ1n) is 7.93. The Bertz CT molecular complexity index is 829. The number of fused-ring (bicyclic) bond motifs is 1. The highest BCUT2D eigenvalue weighted by molar-refractivity contribution is 7.17. The Morgan fingerprint density at radius 3 is 2.60 bits per heavy atom. The number of carboxylic acids is 1. The first kappa shape index (κ1) is 17.2. The molecule has 7 heteroatoms. The number of carbonyl (C=O) groups excluding carboxylic acids is 2. The summed E-state index contributed by atoms with van der Waals surface area (Å²) in [5.41, 5.74) is 1.75. The lowest BCUT2D eigenvalue weighted by Crippen LogP contribution is -2.33. The van der Waals surface area contributed by atoms with Crippen LogP contribution in [-0.4, -0.2) is 34.3 Å². The van der Waals surface area contributed by atoms with Gasteiger partial charge in [0.1, 0.15) is 5.00 Å². The Labute approximate surface area is 149 Å². The first-order chi connectivity index (χ1) is 12.0. The highest BCUT2D eigenvalue weighted by Crippen LogP contribution is 2.37. The van der Waals surface area contributed by atoms with Gasteiger partial charge in [-0.1, -0.05) is 30.3 Å². The van der Waals surface area contributed by atoms with Crippen LogP contribution in [0.3, 0.4) is 0 Å². The second-order valence-corrected chi connectivity index (χ2v) is 7.02. The van der Waals surface area contributed by atoms with E-state index in [0.717, 1.165) is 16.0 Å². The molecule has 0 aliphatic carbocycles. The zero-order valence-electron chi connectivity index (χ0n) is 13.7. The molecule has 25 heavy (non-hydrogen) atoms. The number of hydrogen-bond acceptors (Lipinski definition) is 4. The van der Waals surface area contributed by atoms with Gasteiger partial charge in [0.15, 0.2) is 0 Å². The zero-order valence-corrected chi connectivity index (χ0v) is 14.6. The molecular formula is C18H18N2O4S. The summed E-state index contributed by atoms with van der Waals surface area (Å²) in [5, 5.41) is 12.7. The predicted octanol–water partition coefficient (Wildman–Crippen LogP) is 2.53. The molecule has 0 spiro atoms. The number of thiophene rings is 1. The van der Waals surface area contributed by atoms with Crippen LogP contribution in [0.5, 0.6) is 0 Å². The van der Waals surface area contributed by atoms with Gasteiger partial charge in [-0.25, -0.2) is 4.79 Å². The molecule has 2 N–H and O–H groups in total. The van der Waals surface area contributed by atoms with Crippen LogP contribution in [0.25, 0.3) is 0 Å². The fourth-order valence-corrected chi connectivity index (χ4v) is 4.21. The van der Waals surface area contributed by atoms with Gasteiger partial charge in [-0.05, 0) is 17.5 Å². The van der Waals surface area contributed by atoms with Crippen molar-refractivity contribution in [2.45, 2.75) is 26.3 Å². The number of carboxylic acid groups (broad SMARTS) is 1. The van der Waals surface area contributed by atoms with E-state index >= 15 is 0 Å². The van der Waals surface area contributed by atoms with Crippen molar-refractivity contribution in [3.05, 3.63) is 51.9 Å². The number of aromatic carboxylic acids is 1. The van der Waals surface area contributed by atoms with E-state index in [1.165, 1.54) is 18.3 Å². The van der Waals surface area contributed by atoms with Gasteiger partial charge in [0.05, 0.1) is 18.5 Å². The molecule has 0 saturated heterocycles. The number of carbonyl (C=O) groups is 3. The number of anilines is 1. The predicted molar refractivity (Wildman–Crippen MR) is 94.8 cm³/mol. The molecule has 0 unspecified atom stereocenters. The number of rotatable bonds is 4. The smallest absolute Gasteiger partial charge is 0.339 e. The van der Waals surface area contributed by atoms with Gasteiger partial charge in [-0.2, -0.15) is 0 Å². The second-order valence-electron chi connectivity index (χ2n) is 5.91. The minimum absolute atomic E-state index is 0.0365. The third kappa shape index (κ3) is 3.71. The van der Waals surface area contributed by atoms with Crippen LogP contribution in [0.1, 0.15) is 33.3 Å². The van der Waals surface area contributed by atoms with E-state index in [1.807, 2.05) is 30.3 Å². The fourth-order valence-electron chi connectivity index (χ4n) is 2.94. The largest absolute Gasteiger partial charge is 0.478 e. The maximum atomic E-state index is 12.3. The zero-order chi connectivity index (χ0) is 18.0. The van der Waals surface area contributed by atoms with Crippen LogP contribution in [0.4, 0.5) is 5.00 Å². The topological polar surface area (TPSA) is 86.7 Å². The van der Waals surface area contributed by atoms with Crippen LogP contribution in [-0.2, 0) is 29.0 Å². The molecule has 0 bridgehead atoms. The Morgan fingerprint density at radius 1 is 1.24 bits per heavy atom. The quantitative estimate of drug-likeness (QED) is 0.879. The molecule has 1 aliphatic rings. The van der Waals surface area contributed by atoms with Crippen molar-refractivity contribution < 1.29 is 19.5 Å². The third-order valence-electron chi connectivity index (χ3n) is 4.18. The summed E-state index contributed by atoms with van der Waals surface area (Å²) in [7, 11) is 0. The highest BCUT2D eigenvalue weighted by Gasteiger charge is 2.29. The molecule has 0 radical (unpaired) electrons. The Hall–Kier alpha value is -2.67. The minimum atomic E-state index is -1.05. The molecule has 2 aromatic rings. The van der Waals surface area contributed by atoms with Gasteiger partial charge in [0, 0.05) is 18.3 Å². The number of nitrogens with zero attached hydrogens (tertiary/aromatic N) is 1. The maximum absolute atomic E-state index is 12.3. The summed E-state index contributed by atoms with van der Waals surface area (Å²) in [4.78, 5) is 38.0. The molecule has 2 amide bonds. The first-order valence-corrected chi connectivity index (χ1v) is 8.74. The van der Waals surface area contributed by atoms with E-state index in [9.17, 15) is 19.5 Å². The third-order valence-corrected chi connectivity index (χ3v) is 5.31. The summed E-state index contributed by atoms with van der Waals surface area (Å²) in [5.74, 6) is -1.34. The van der Waals surface area contributed by atoms with E-state index in [-0.39, 0.29) is 23.8 Å². The minimum Gasteiger partial charge on any atom is -0.478 e. The second kappa shape index (κ2) is 7.06. The molecule has 0 saturated carbocycles. The van der Waals surface area contributed by atoms with Crippen LogP contribution >= 0.6 is 11.3 Å². The van der Waals surface area contributed by atoms with Crippen molar-refractivity contribution in [2.75, 3.05) is 11.9 Å². The molecule has 3 rings (SSSR count). The van der Waals surface area contributed by atoms with Crippen molar-refractivity contribution >= 4 is 34.1 Å². The lowest BCUT2D eigenvalue weighted by molar-refractivity contribution is -0.129. The Kier molecular flexibility index (Phi) is 4.85. The van der Waals surface area contributed by atoms with Crippen LogP contribution in [0.15, 0.2) is 30.3 Å². The van der Waals surface area contributed by atoms with Crippen LogP contribution < -0.4 is 5.32 Å². The molecule has 0 fully saturated rings. The molecule has 6 nitrogen and oxygen atoms in total. The van der Waals surface area contributed by atoms with Crippen molar-refractivity contribution in [3.8, 4) is 0 Å². The van der Waals surface area contributed by atoms with E-state index < -0.39 is 5.97 Å². The summed E-state index contributed by atoms with van der Waals surface area (Å²) in [6.07, 6.45) is 0.670. The summed E-state index contributed by atoms with van der Waals surface area (Å²) in [6.45, 7) is 2.39. The molecule has 1 aromatic heterocycles. The van der Waals surface area contributed by atoms with Crippen LogP contribution in [0, 0.1) is 0 Å². The van der Waals surface area contributed by atoms with Crippen molar-refractivity contribution in [1.82, 2.24) is 4.90 Å². The van der Waals surface area contributed by atoms with E-state index in [0.29, 0.717) is 24.5 Å². The number of nitrogens with one attached hydrogen (secondary N) is 1. The molecule has 2 heterocycles. The van der Waals surface area contributed by atoms with Crippen molar-refractivity contribution in [2.24, 2.45) is 0 Å². The van der Waals surface area contributed by atoms with Gasteiger partial charge < -0.3 is 15.3 Å². The SMILES string of the molecule is CC(=O)N1CCc2c(sc(NC(=O)Cc3ccccc3)c2C(=O)O)C1. The van der Waals surface area contributed by atoms with E-state index in [2.05, 4.69) is 5.32 Å². The summed E-state index contributed by atoms with van der Waals surface area (Å²) < 4.78 is 0. The maximum Gasteiger partial charge on any atom is 0.339 e. The number of hydrogen-bond donors (Lipinski definition) is 2. The fraction of sp³-hybridized carbons (Fsp3) is 0.278. The summed E-state index contributed by atoms with van der Waals surface area (Å²) in [6, 6.07) is 9.28. The van der Waals surface area contributed by atoms with Crippen molar-refractivity contribution in [1.29, 1.82) is 0 Å². The van der Waals surface area contributed by atoms with Crippen molar-refractivity contribution in [3.63, 3.8) is 0 Å². The van der Waals surface area contributed by atoms with Gasteiger partial charge >= 0.3 is 5.97 Å². The lowest BCUT2D eigenvalue weighted by Gasteiger charge is -2.25. The Balaban J connectivity index is 1.83. The molecule has 1 aromatic carbocycles. The molecule has 1 aliphatic heterocycles. The standard InChI is InChI=1S/C18H18N2O4S/c1-11(21)20-8-7-13-14(10-20)25-17(16(13)18(23)24)19-15(22)9-12-5-3-2-4-6-12/h2-6H,7-10H2,1H3,(H,19,22)(H,23,24). The number of amides is 2. The molecule has 0 atom stereocenters. The average Bonchev–Trinajstić information content (AvgIpc) is 2.92. The normalized spacial score (nSPS) is 13.2. The highest BCUT2D eigenvalue weighted by atomic mass is 32.1. The molecular weight excluding hydrogens is 340 g/mol. The van der Waals surface area contributed by atoms with E-state index in [4.69, 9.17) is 0 Å². The monoisotopic (exact) mass is 358 g/mol. The average molecular weight is 358 g/mol. The van der Waals surface area contributed by atoms with E-state index in [1.54, 1.807) is 4.90 Å². The van der Waals surface area contributed by atoms with Gasteiger partial charge in [-0.3, -0.25) is 9.59 Å². The summed E-state index contributed by atoms with van der Waals surface area (Å²) >= 11 is 1.24. The molecule has 130 valence electrons. The van der Waals surface area contributed by atoms with Gasteiger partial charge in [0.2, 0.25) is 11.8 Å². The number of benzene rings is 1.